The summed E-state index contributed by atoms with van der Waals surface area (Å²) in [6.07, 6.45) is 6.04. The van der Waals surface area contributed by atoms with Gasteiger partial charge in [0.1, 0.15) is 0 Å². The van der Waals surface area contributed by atoms with Gasteiger partial charge in [0, 0.05) is 0 Å². The van der Waals surface area contributed by atoms with Gasteiger partial charge in [0.05, 0.1) is 35.1 Å². The van der Waals surface area contributed by atoms with Gasteiger partial charge in [-0.15, -0.1) is 0 Å². The van der Waals surface area contributed by atoms with Crippen LogP contribution >= 0.6 is 0 Å². The molecule has 5 nitrogen and oxygen atoms in total. The number of aliphatic hydroxyl groups is 4. The van der Waals surface area contributed by atoms with Crippen LogP contribution in [0.3, 0.4) is 0 Å². The Morgan fingerprint density at radius 1 is 0.829 bits per heavy atom. The van der Waals surface area contributed by atoms with Crippen molar-refractivity contribution in [3.8, 4) is 0 Å². The highest BCUT2D eigenvalue weighted by Gasteiger charge is 2.57. The Hall–Kier alpha value is -0.460. The molecule has 3 aliphatic carbocycles. The van der Waals surface area contributed by atoms with Gasteiger partial charge < -0.3 is 25.2 Å². The third-order valence-corrected chi connectivity index (χ3v) is 11.5. The van der Waals surface area contributed by atoms with E-state index in [9.17, 15) is 20.4 Å². The predicted octanol–water partition coefficient (Wildman–Crippen LogP) is 5.14. The van der Waals surface area contributed by atoms with Gasteiger partial charge in [0.15, 0.2) is 0 Å². The number of hydrogen-bond donors (Lipinski definition) is 4. The Labute approximate surface area is 213 Å². The molecular formula is C30H52O5. The lowest BCUT2D eigenvalue weighted by molar-refractivity contribution is -0.205. The molecule has 9 atom stereocenters. The lowest BCUT2D eigenvalue weighted by atomic mass is 9.55. The van der Waals surface area contributed by atoms with E-state index < -0.39 is 29.0 Å². The van der Waals surface area contributed by atoms with Crippen LogP contribution in [-0.2, 0) is 4.74 Å². The van der Waals surface area contributed by atoms with Gasteiger partial charge >= 0.3 is 0 Å². The molecule has 5 heteroatoms. The lowest BCUT2D eigenvalue weighted by Gasteiger charge is -2.54. The van der Waals surface area contributed by atoms with Crippen molar-refractivity contribution in [2.24, 2.45) is 28.6 Å². The van der Waals surface area contributed by atoms with E-state index in [1.807, 2.05) is 27.7 Å². The number of allylic oxidation sites excluding steroid dienone is 1. The quantitative estimate of drug-likeness (QED) is 0.410. The number of rotatable bonds is 3. The smallest absolute Gasteiger partial charge is 0.0888 e. The summed E-state index contributed by atoms with van der Waals surface area (Å²) in [7, 11) is 0. The van der Waals surface area contributed by atoms with E-state index >= 15 is 0 Å². The summed E-state index contributed by atoms with van der Waals surface area (Å²) in [4.78, 5) is 0. The summed E-state index contributed by atoms with van der Waals surface area (Å²) in [5.41, 5.74) is -0.0775. The Morgan fingerprint density at radius 3 is 2.11 bits per heavy atom. The van der Waals surface area contributed by atoms with Gasteiger partial charge in [-0.25, -0.2) is 0 Å². The largest absolute Gasteiger partial charge is 0.390 e. The van der Waals surface area contributed by atoms with Gasteiger partial charge in [-0.1, -0.05) is 26.3 Å². The SMILES string of the molecule is CC1=C(CC[C@H]2[C@@](C)(O)CCC3OC(C)(C)[C@H](O)CC[C@@]32C)C(C)(C)[C@@H]2CC[C@@](C)(O)[C@@H]2C[C@@H]1O. The van der Waals surface area contributed by atoms with Crippen molar-refractivity contribution in [2.45, 2.75) is 148 Å². The first-order valence-electron chi connectivity index (χ1n) is 14.1. The molecular weight excluding hydrogens is 440 g/mol. The molecule has 0 radical (unpaired) electrons. The highest BCUT2D eigenvalue weighted by atomic mass is 16.5. The zero-order valence-corrected chi connectivity index (χ0v) is 23.5. The minimum Gasteiger partial charge on any atom is -0.390 e. The van der Waals surface area contributed by atoms with Gasteiger partial charge in [0.2, 0.25) is 0 Å². The summed E-state index contributed by atoms with van der Waals surface area (Å²) >= 11 is 0. The van der Waals surface area contributed by atoms with Crippen LogP contribution in [0.4, 0.5) is 0 Å². The molecule has 202 valence electrons. The van der Waals surface area contributed by atoms with Crippen LogP contribution in [0.1, 0.15) is 113 Å². The van der Waals surface area contributed by atoms with E-state index in [0.29, 0.717) is 25.2 Å². The fourth-order valence-corrected chi connectivity index (χ4v) is 8.98. The maximum Gasteiger partial charge on any atom is 0.0888 e. The Kier molecular flexibility index (Phi) is 6.93. The lowest BCUT2D eigenvalue weighted by Crippen LogP contribution is -2.56. The van der Waals surface area contributed by atoms with Crippen molar-refractivity contribution in [1.82, 2.24) is 0 Å². The van der Waals surface area contributed by atoms with Crippen molar-refractivity contribution >= 4 is 0 Å². The van der Waals surface area contributed by atoms with Crippen LogP contribution in [0.5, 0.6) is 0 Å². The van der Waals surface area contributed by atoms with Crippen molar-refractivity contribution in [3.05, 3.63) is 11.1 Å². The van der Waals surface area contributed by atoms with E-state index in [1.54, 1.807) is 0 Å². The molecule has 0 aromatic carbocycles. The fraction of sp³-hybridized carbons (Fsp3) is 0.933. The maximum atomic E-state index is 11.7. The van der Waals surface area contributed by atoms with Crippen molar-refractivity contribution < 1.29 is 25.2 Å². The number of ether oxygens (including phenoxy) is 1. The van der Waals surface area contributed by atoms with Crippen LogP contribution in [0, 0.1) is 28.6 Å². The van der Waals surface area contributed by atoms with Crippen LogP contribution < -0.4 is 0 Å². The molecule has 3 fully saturated rings. The summed E-state index contributed by atoms with van der Waals surface area (Å²) in [6, 6.07) is 0. The van der Waals surface area contributed by atoms with Crippen molar-refractivity contribution in [1.29, 1.82) is 0 Å². The number of hydrogen-bond acceptors (Lipinski definition) is 5. The minimum absolute atomic E-state index is 0.0111. The molecule has 2 saturated carbocycles. The zero-order chi connectivity index (χ0) is 26.2. The second-order valence-corrected chi connectivity index (χ2v) is 14.5. The molecule has 0 spiro atoms. The van der Waals surface area contributed by atoms with E-state index in [-0.39, 0.29) is 28.8 Å². The fourth-order valence-electron chi connectivity index (χ4n) is 8.98. The molecule has 1 saturated heterocycles. The van der Waals surface area contributed by atoms with E-state index in [4.69, 9.17) is 4.74 Å². The van der Waals surface area contributed by atoms with Crippen LogP contribution in [-0.4, -0.2) is 55.5 Å². The first-order valence-corrected chi connectivity index (χ1v) is 14.1. The summed E-state index contributed by atoms with van der Waals surface area (Å²) < 4.78 is 6.57. The van der Waals surface area contributed by atoms with Crippen molar-refractivity contribution in [3.63, 3.8) is 0 Å². The number of fused-ring (bicyclic) bond motifs is 2. The van der Waals surface area contributed by atoms with Gasteiger partial charge in [-0.2, -0.15) is 0 Å². The Balaban J connectivity index is 1.64. The van der Waals surface area contributed by atoms with Crippen LogP contribution in [0.2, 0.25) is 0 Å². The van der Waals surface area contributed by atoms with Gasteiger partial charge in [0.25, 0.3) is 0 Å². The third kappa shape index (κ3) is 4.56. The van der Waals surface area contributed by atoms with Crippen LogP contribution in [0.15, 0.2) is 11.1 Å². The molecule has 4 aliphatic rings. The van der Waals surface area contributed by atoms with E-state index in [0.717, 1.165) is 44.1 Å². The first kappa shape index (κ1) is 27.6. The van der Waals surface area contributed by atoms with Gasteiger partial charge in [-0.05, 0) is 127 Å². The topological polar surface area (TPSA) is 90.2 Å². The average molecular weight is 493 g/mol. The number of aliphatic hydroxyl groups excluding tert-OH is 2. The average Bonchev–Trinajstić information content (AvgIpc) is 2.96. The molecule has 4 N–H and O–H groups in total. The second kappa shape index (κ2) is 8.80. The standard InChI is InChI=1S/C30H52O5/c1-18-19(26(2,3)20-11-15-29(7,33)21(20)17-22(18)31)9-10-23-28(6)14-12-24(32)27(4,5)35-25(28)13-16-30(23,8)34/h20-25,31-34H,9-17H2,1-8H3/t20-,21-,22+,23-,24-,25?,28-,29-,30+/m1/s1. The van der Waals surface area contributed by atoms with E-state index in [2.05, 4.69) is 27.7 Å². The highest BCUT2D eigenvalue weighted by molar-refractivity contribution is 5.28. The molecule has 0 aromatic heterocycles. The molecule has 4 rings (SSSR count). The minimum atomic E-state index is -0.796. The molecule has 0 aromatic rings. The highest BCUT2D eigenvalue weighted by Crippen LogP contribution is 2.59. The Morgan fingerprint density at radius 2 is 1.46 bits per heavy atom. The van der Waals surface area contributed by atoms with Gasteiger partial charge in [-0.3, -0.25) is 0 Å². The molecule has 1 aliphatic heterocycles. The first-order chi connectivity index (χ1) is 15.9. The molecule has 35 heavy (non-hydrogen) atoms. The van der Waals surface area contributed by atoms with E-state index in [1.165, 1.54) is 5.57 Å². The third-order valence-electron chi connectivity index (χ3n) is 11.5. The zero-order valence-electron chi connectivity index (χ0n) is 23.5. The maximum absolute atomic E-state index is 11.7. The Bertz CT molecular complexity index is 840. The normalized spacial score (nSPS) is 49.7. The molecule has 0 bridgehead atoms. The van der Waals surface area contributed by atoms with Crippen LogP contribution in [0.25, 0.3) is 0 Å². The molecule has 1 unspecified atom stereocenters. The summed E-state index contributed by atoms with van der Waals surface area (Å²) in [5, 5.41) is 44.7. The van der Waals surface area contributed by atoms with Crippen molar-refractivity contribution in [2.75, 3.05) is 0 Å². The second-order valence-electron chi connectivity index (χ2n) is 14.5. The summed E-state index contributed by atoms with van der Waals surface area (Å²) in [6.45, 7) is 16.9. The summed E-state index contributed by atoms with van der Waals surface area (Å²) in [5.74, 6) is 0.472. The predicted molar refractivity (Wildman–Crippen MR) is 139 cm³/mol. The molecule has 1 heterocycles. The monoisotopic (exact) mass is 492 g/mol. The molecule has 0 amide bonds.